The number of thioether (sulfide) groups is 1. The van der Waals surface area contributed by atoms with Gasteiger partial charge in [-0.15, -0.1) is 10.2 Å². The number of aromatic nitrogens is 5. The highest BCUT2D eigenvalue weighted by Crippen LogP contribution is 2.19. The number of pyridine rings is 1. The zero-order valence-electron chi connectivity index (χ0n) is 9.76. The molecule has 0 radical (unpaired) electrons. The molecule has 0 N–H and O–H groups in total. The molecule has 0 saturated heterocycles. The van der Waals surface area contributed by atoms with Crippen molar-refractivity contribution >= 4 is 17.4 Å². The molecule has 0 saturated carbocycles. The summed E-state index contributed by atoms with van der Waals surface area (Å²) < 4.78 is 1.66. The molecule has 0 aliphatic rings. The van der Waals surface area contributed by atoms with E-state index >= 15 is 0 Å². The van der Waals surface area contributed by atoms with Crippen LogP contribution in [0, 0.1) is 11.3 Å². The lowest BCUT2D eigenvalue weighted by Gasteiger charge is -2.00. The monoisotopic (exact) mass is 268 g/mol. The minimum Gasteiger partial charge on any atom is -0.264 e. The summed E-state index contributed by atoms with van der Waals surface area (Å²) in [7, 11) is 0. The molecule has 3 aromatic heterocycles. The second-order valence-electron chi connectivity index (χ2n) is 3.65. The van der Waals surface area contributed by atoms with Crippen molar-refractivity contribution in [3.63, 3.8) is 0 Å². The fourth-order valence-electron chi connectivity index (χ4n) is 1.63. The van der Waals surface area contributed by atoms with Gasteiger partial charge in [-0.2, -0.15) is 14.9 Å². The van der Waals surface area contributed by atoms with Gasteiger partial charge in [-0.25, -0.2) is 0 Å². The van der Waals surface area contributed by atoms with Gasteiger partial charge in [0.1, 0.15) is 5.03 Å². The summed E-state index contributed by atoms with van der Waals surface area (Å²) >= 11 is 1.38. The van der Waals surface area contributed by atoms with E-state index in [0.29, 0.717) is 17.2 Å². The molecule has 7 heteroatoms. The van der Waals surface area contributed by atoms with Gasteiger partial charge in [0.15, 0.2) is 11.5 Å². The zero-order chi connectivity index (χ0) is 13.1. The first kappa shape index (κ1) is 11.6. The number of rotatable bonds is 3. The Morgan fingerprint density at radius 1 is 1.26 bits per heavy atom. The van der Waals surface area contributed by atoms with Gasteiger partial charge in [0.25, 0.3) is 0 Å². The molecule has 3 heterocycles. The lowest BCUT2D eigenvalue weighted by atomic mass is 10.3. The van der Waals surface area contributed by atoms with Crippen LogP contribution in [0.3, 0.4) is 0 Å². The molecule has 3 aromatic rings. The van der Waals surface area contributed by atoms with Gasteiger partial charge in [0.05, 0.1) is 11.8 Å². The SMILES string of the molecule is N#CCSc1ccc2nnc(-c3cccnc3)n2n1. The Morgan fingerprint density at radius 2 is 2.21 bits per heavy atom. The highest BCUT2D eigenvalue weighted by Gasteiger charge is 2.09. The van der Waals surface area contributed by atoms with Crippen LogP contribution >= 0.6 is 11.8 Å². The highest BCUT2D eigenvalue weighted by atomic mass is 32.2. The maximum absolute atomic E-state index is 8.60. The highest BCUT2D eigenvalue weighted by molar-refractivity contribution is 7.99. The zero-order valence-corrected chi connectivity index (χ0v) is 10.6. The van der Waals surface area contributed by atoms with Crippen LogP contribution in [0.25, 0.3) is 17.0 Å². The van der Waals surface area contributed by atoms with Crippen molar-refractivity contribution in [3.8, 4) is 17.5 Å². The summed E-state index contributed by atoms with van der Waals surface area (Å²) in [5.74, 6) is 1.01. The summed E-state index contributed by atoms with van der Waals surface area (Å²) in [5, 5.41) is 22.0. The van der Waals surface area contributed by atoms with Crippen molar-refractivity contribution in [3.05, 3.63) is 36.7 Å². The third kappa shape index (κ3) is 2.26. The van der Waals surface area contributed by atoms with E-state index in [0.717, 1.165) is 10.6 Å². The van der Waals surface area contributed by atoms with Gasteiger partial charge in [-0.05, 0) is 24.3 Å². The third-order valence-electron chi connectivity index (χ3n) is 2.44. The number of fused-ring (bicyclic) bond motifs is 1. The van der Waals surface area contributed by atoms with Crippen LogP contribution < -0.4 is 0 Å². The van der Waals surface area contributed by atoms with E-state index in [9.17, 15) is 0 Å². The fraction of sp³-hybridized carbons (Fsp3) is 0.0833. The van der Waals surface area contributed by atoms with Gasteiger partial charge >= 0.3 is 0 Å². The van der Waals surface area contributed by atoms with Crippen LogP contribution in [-0.2, 0) is 0 Å². The van der Waals surface area contributed by atoms with Crippen LogP contribution in [0.15, 0.2) is 41.7 Å². The summed E-state index contributed by atoms with van der Waals surface area (Å²) in [4.78, 5) is 4.06. The average molecular weight is 268 g/mol. The van der Waals surface area contributed by atoms with Gasteiger partial charge in [-0.3, -0.25) is 4.98 Å². The van der Waals surface area contributed by atoms with Crippen molar-refractivity contribution in [1.29, 1.82) is 5.26 Å². The molecule has 3 rings (SSSR count). The van der Waals surface area contributed by atoms with Crippen LogP contribution in [0.4, 0.5) is 0 Å². The summed E-state index contributed by atoms with van der Waals surface area (Å²) in [5.41, 5.74) is 1.52. The molecule has 6 nitrogen and oxygen atoms in total. The molecule has 0 aromatic carbocycles. The maximum Gasteiger partial charge on any atom is 0.186 e. The smallest absolute Gasteiger partial charge is 0.186 e. The Kier molecular flexibility index (Phi) is 3.08. The molecule has 0 aliphatic heterocycles. The minimum atomic E-state index is 0.364. The Balaban J connectivity index is 2.09. The van der Waals surface area contributed by atoms with Crippen molar-refractivity contribution in [2.24, 2.45) is 0 Å². The molecule has 19 heavy (non-hydrogen) atoms. The van der Waals surface area contributed by atoms with Gasteiger partial charge < -0.3 is 0 Å². The Bertz CT molecular complexity index is 746. The predicted octanol–water partition coefficient (Wildman–Crippen LogP) is 1.80. The molecular weight excluding hydrogens is 260 g/mol. The van der Waals surface area contributed by atoms with E-state index in [1.165, 1.54) is 11.8 Å². The van der Waals surface area contributed by atoms with Crippen LogP contribution in [-0.4, -0.2) is 30.5 Å². The number of nitriles is 1. The maximum atomic E-state index is 8.60. The van der Waals surface area contributed by atoms with Crippen LogP contribution in [0.5, 0.6) is 0 Å². The summed E-state index contributed by atoms with van der Waals surface area (Å²) in [6.07, 6.45) is 3.42. The van der Waals surface area contributed by atoms with E-state index in [1.54, 1.807) is 16.9 Å². The number of nitrogens with zero attached hydrogens (tertiary/aromatic N) is 6. The van der Waals surface area contributed by atoms with E-state index in [1.807, 2.05) is 24.3 Å². The van der Waals surface area contributed by atoms with Gasteiger partial charge in [0, 0.05) is 18.0 Å². The molecule has 0 fully saturated rings. The first-order chi connectivity index (χ1) is 9.38. The molecule has 92 valence electrons. The van der Waals surface area contributed by atoms with Crippen molar-refractivity contribution in [2.45, 2.75) is 5.03 Å². The molecular formula is C12H8N6S. The van der Waals surface area contributed by atoms with E-state index in [4.69, 9.17) is 5.26 Å². The van der Waals surface area contributed by atoms with E-state index < -0.39 is 0 Å². The average Bonchev–Trinajstić information content (AvgIpc) is 2.89. The van der Waals surface area contributed by atoms with Crippen LogP contribution in [0.1, 0.15) is 0 Å². The topological polar surface area (TPSA) is 79.8 Å². The number of hydrogen-bond donors (Lipinski definition) is 0. The largest absolute Gasteiger partial charge is 0.264 e. The lowest BCUT2D eigenvalue weighted by Crippen LogP contribution is -1.96. The predicted molar refractivity (Wildman–Crippen MR) is 70.4 cm³/mol. The first-order valence-electron chi connectivity index (χ1n) is 5.51. The Hall–Kier alpha value is -2.46. The molecule has 0 spiro atoms. The normalized spacial score (nSPS) is 10.5. The molecule has 0 atom stereocenters. The molecule has 0 amide bonds. The molecule has 0 bridgehead atoms. The van der Waals surface area contributed by atoms with Gasteiger partial charge in [0.2, 0.25) is 0 Å². The molecule has 0 unspecified atom stereocenters. The van der Waals surface area contributed by atoms with Crippen molar-refractivity contribution in [2.75, 3.05) is 5.75 Å². The second-order valence-corrected chi connectivity index (χ2v) is 4.65. The van der Waals surface area contributed by atoms with E-state index in [2.05, 4.69) is 26.3 Å². The second kappa shape index (κ2) is 5.04. The lowest BCUT2D eigenvalue weighted by molar-refractivity contribution is 0.860. The van der Waals surface area contributed by atoms with Crippen molar-refractivity contribution in [1.82, 2.24) is 24.8 Å². The number of hydrogen-bond acceptors (Lipinski definition) is 6. The Labute approximate surface area is 113 Å². The Morgan fingerprint density at radius 3 is 3.00 bits per heavy atom. The van der Waals surface area contributed by atoms with Crippen molar-refractivity contribution < 1.29 is 0 Å². The van der Waals surface area contributed by atoms with Gasteiger partial charge in [-0.1, -0.05) is 11.8 Å². The minimum absolute atomic E-state index is 0.364. The molecule has 0 aliphatic carbocycles. The standard InChI is InChI=1S/C12H8N6S/c13-5-7-19-11-4-3-10-15-16-12(18(10)17-11)9-2-1-6-14-8-9/h1-4,6,8H,7H2. The van der Waals surface area contributed by atoms with E-state index in [-0.39, 0.29) is 0 Å². The summed E-state index contributed by atoms with van der Waals surface area (Å²) in [6, 6.07) is 9.48. The summed E-state index contributed by atoms with van der Waals surface area (Å²) in [6.45, 7) is 0. The van der Waals surface area contributed by atoms with Crippen LogP contribution in [0.2, 0.25) is 0 Å². The third-order valence-corrected chi connectivity index (χ3v) is 3.23. The first-order valence-corrected chi connectivity index (χ1v) is 6.49. The fourth-order valence-corrected chi connectivity index (χ4v) is 2.15. The quantitative estimate of drug-likeness (QED) is 0.674.